The van der Waals surface area contributed by atoms with Crippen LogP contribution in [0.1, 0.15) is 26.0 Å². The molecule has 4 heteroatoms. The van der Waals surface area contributed by atoms with Crippen LogP contribution >= 0.6 is 0 Å². The van der Waals surface area contributed by atoms with Crippen molar-refractivity contribution in [2.45, 2.75) is 32.9 Å². The molecule has 1 aromatic carbocycles. The summed E-state index contributed by atoms with van der Waals surface area (Å²) >= 11 is 0. The lowest BCUT2D eigenvalue weighted by Gasteiger charge is -2.16. The second-order valence-electron chi connectivity index (χ2n) is 4.86. The first-order valence-electron chi connectivity index (χ1n) is 7.04. The molecule has 0 spiro atoms. The van der Waals surface area contributed by atoms with Gasteiger partial charge in [0.2, 0.25) is 0 Å². The van der Waals surface area contributed by atoms with Gasteiger partial charge in [-0.25, -0.2) is 0 Å². The van der Waals surface area contributed by atoms with Crippen LogP contribution in [0.15, 0.2) is 41.5 Å². The highest BCUT2D eigenvalue weighted by molar-refractivity contribution is 5.85. The van der Waals surface area contributed by atoms with Crippen molar-refractivity contribution < 1.29 is 0 Å². The Morgan fingerprint density at radius 2 is 2.10 bits per heavy atom. The van der Waals surface area contributed by atoms with Gasteiger partial charge in [0, 0.05) is 24.7 Å². The molecule has 1 aromatic heterocycles. The summed E-state index contributed by atoms with van der Waals surface area (Å²) in [4.78, 5) is 8.70. The van der Waals surface area contributed by atoms with Crippen molar-refractivity contribution in [3.05, 3.63) is 42.2 Å². The summed E-state index contributed by atoms with van der Waals surface area (Å²) in [6.07, 6.45) is 2.91. The minimum Gasteiger partial charge on any atom is -0.354 e. The predicted molar refractivity (Wildman–Crippen MR) is 84.8 cm³/mol. The van der Waals surface area contributed by atoms with Gasteiger partial charge in [0.15, 0.2) is 5.96 Å². The summed E-state index contributed by atoms with van der Waals surface area (Å²) in [6, 6.07) is 10.7. The molecule has 0 saturated carbocycles. The second-order valence-corrected chi connectivity index (χ2v) is 4.86. The van der Waals surface area contributed by atoms with Crippen LogP contribution < -0.4 is 10.6 Å². The van der Waals surface area contributed by atoms with Gasteiger partial charge in [-0.2, -0.15) is 0 Å². The largest absolute Gasteiger partial charge is 0.354 e. The van der Waals surface area contributed by atoms with E-state index in [1.807, 2.05) is 24.4 Å². The third-order valence-electron chi connectivity index (χ3n) is 3.40. The lowest BCUT2D eigenvalue weighted by Crippen LogP contribution is -2.41. The van der Waals surface area contributed by atoms with Crippen molar-refractivity contribution in [3.8, 4) is 0 Å². The van der Waals surface area contributed by atoms with E-state index in [0.29, 0.717) is 12.6 Å². The quantitative estimate of drug-likeness (QED) is 0.663. The maximum atomic E-state index is 4.47. The van der Waals surface area contributed by atoms with E-state index in [4.69, 9.17) is 0 Å². The molecule has 0 radical (unpaired) electrons. The summed E-state index contributed by atoms with van der Waals surface area (Å²) < 4.78 is 0. The van der Waals surface area contributed by atoms with Crippen LogP contribution in [0, 0.1) is 0 Å². The van der Waals surface area contributed by atoms with E-state index in [2.05, 4.69) is 46.6 Å². The minimum absolute atomic E-state index is 0.404. The number of nitrogens with one attached hydrogen (secondary N) is 2. The molecule has 20 heavy (non-hydrogen) atoms. The fourth-order valence-electron chi connectivity index (χ4n) is 2.02. The maximum Gasteiger partial charge on any atom is 0.191 e. The van der Waals surface area contributed by atoms with E-state index < -0.39 is 0 Å². The number of aromatic nitrogens is 1. The molecule has 2 aromatic rings. The standard InChI is InChI=1S/C16H22N4/c1-4-12(2)20-16(17-3)19-11-15-14-8-6-5-7-13(14)9-10-18-15/h5-10,12H,4,11H2,1-3H3,(H2,17,19,20). The van der Waals surface area contributed by atoms with Crippen LogP contribution in [0.25, 0.3) is 10.8 Å². The van der Waals surface area contributed by atoms with Crippen molar-refractivity contribution in [1.82, 2.24) is 15.6 Å². The van der Waals surface area contributed by atoms with Crippen molar-refractivity contribution in [1.29, 1.82) is 0 Å². The highest BCUT2D eigenvalue weighted by Crippen LogP contribution is 2.15. The summed E-state index contributed by atoms with van der Waals surface area (Å²) in [7, 11) is 1.79. The third kappa shape index (κ3) is 3.47. The predicted octanol–water partition coefficient (Wildman–Crippen LogP) is 2.70. The van der Waals surface area contributed by atoms with Crippen LogP contribution in [0.4, 0.5) is 0 Å². The Balaban J connectivity index is 2.09. The number of rotatable bonds is 4. The van der Waals surface area contributed by atoms with Crippen LogP contribution in [0.3, 0.4) is 0 Å². The van der Waals surface area contributed by atoms with E-state index in [1.54, 1.807) is 7.05 Å². The van der Waals surface area contributed by atoms with Gasteiger partial charge >= 0.3 is 0 Å². The zero-order valence-corrected chi connectivity index (χ0v) is 12.4. The Morgan fingerprint density at radius 1 is 1.30 bits per heavy atom. The number of nitrogens with zero attached hydrogens (tertiary/aromatic N) is 2. The van der Waals surface area contributed by atoms with Crippen molar-refractivity contribution >= 4 is 16.7 Å². The molecular weight excluding hydrogens is 248 g/mol. The zero-order valence-electron chi connectivity index (χ0n) is 12.4. The van der Waals surface area contributed by atoms with Gasteiger partial charge in [-0.3, -0.25) is 9.98 Å². The lowest BCUT2D eigenvalue weighted by atomic mass is 10.1. The van der Waals surface area contributed by atoms with Gasteiger partial charge in [0.05, 0.1) is 12.2 Å². The smallest absolute Gasteiger partial charge is 0.191 e. The highest BCUT2D eigenvalue weighted by Gasteiger charge is 2.05. The molecule has 0 amide bonds. The van der Waals surface area contributed by atoms with E-state index in [9.17, 15) is 0 Å². The molecular formula is C16H22N4. The molecule has 2 N–H and O–H groups in total. The van der Waals surface area contributed by atoms with Crippen molar-refractivity contribution in [3.63, 3.8) is 0 Å². The monoisotopic (exact) mass is 270 g/mol. The van der Waals surface area contributed by atoms with Crippen LogP contribution in [0.2, 0.25) is 0 Å². The van der Waals surface area contributed by atoms with E-state index in [1.165, 1.54) is 10.8 Å². The number of hydrogen-bond donors (Lipinski definition) is 2. The van der Waals surface area contributed by atoms with Gasteiger partial charge < -0.3 is 10.6 Å². The Kier molecular flexibility index (Phi) is 4.93. The van der Waals surface area contributed by atoms with E-state index in [-0.39, 0.29) is 0 Å². The summed E-state index contributed by atoms with van der Waals surface area (Å²) in [5.41, 5.74) is 1.04. The maximum absolute atomic E-state index is 4.47. The zero-order chi connectivity index (χ0) is 14.4. The summed E-state index contributed by atoms with van der Waals surface area (Å²) in [5, 5.41) is 9.06. The molecule has 4 nitrogen and oxygen atoms in total. The molecule has 1 atom stereocenters. The first kappa shape index (κ1) is 14.3. The average molecular weight is 270 g/mol. The molecule has 1 heterocycles. The Morgan fingerprint density at radius 3 is 2.85 bits per heavy atom. The van der Waals surface area contributed by atoms with E-state index in [0.717, 1.165) is 18.1 Å². The summed E-state index contributed by atoms with van der Waals surface area (Å²) in [5.74, 6) is 0.814. The number of aliphatic imine (C=N–C) groups is 1. The van der Waals surface area contributed by atoms with Crippen LogP contribution in [-0.2, 0) is 6.54 Å². The average Bonchev–Trinajstić information content (AvgIpc) is 2.51. The van der Waals surface area contributed by atoms with Crippen LogP contribution in [0.5, 0.6) is 0 Å². The number of hydrogen-bond acceptors (Lipinski definition) is 2. The fourth-order valence-corrected chi connectivity index (χ4v) is 2.02. The lowest BCUT2D eigenvalue weighted by molar-refractivity contribution is 0.623. The molecule has 0 aliphatic rings. The topological polar surface area (TPSA) is 49.3 Å². The Labute approximate surface area is 120 Å². The van der Waals surface area contributed by atoms with Gasteiger partial charge in [-0.05, 0) is 24.8 Å². The molecule has 0 aliphatic carbocycles. The van der Waals surface area contributed by atoms with Gasteiger partial charge in [0.1, 0.15) is 0 Å². The SMILES string of the molecule is CCC(C)NC(=NC)NCc1nccc2ccccc12. The normalized spacial score (nSPS) is 13.2. The number of benzene rings is 1. The highest BCUT2D eigenvalue weighted by atomic mass is 15.2. The Bertz CT molecular complexity index is 587. The molecule has 0 aliphatic heterocycles. The van der Waals surface area contributed by atoms with E-state index >= 15 is 0 Å². The second kappa shape index (κ2) is 6.89. The molecule has 0 bridgehead atoms. The molecule has 2 rings (SSSR count). The van der Waals surface area contributed by atoms with Crippen molar-refractivity contribution in [2.24, 2.45) is 4.99 Å². The van der Waals surface area contributed by atoms with Gasteiger partial charge in [-0.1, -0.05) is 31.2 Å². The molecule has 0 fully saturated rings. The molecule has 1 unspecified atom stereocenters. The number of pyridine rings is 1. The first-order chi connectivity index (χ1) is 9.74. The third-order valence-corrected chi connectivity index (χ3v) is 3.40. The van der Waals surface area contributed by atoms with Crippen molar-refractivity contribution in [2.75, 3.05) is 7.05 Å². The minimum atomic E-state index is 0.404. The number of guanidine groups is 1. The molecule has 0 saturated heterocycles. The first-order valence-corrected chi connectivity index (χ1v) is 7.04. The Hall–Kier alpha value is -2.10. The fraction of sp³-hybridized carbons (Fsp3) is 0.375. The summed E-state index contributed by atoms with van der Waals surface area (Å²) in [6.45, 7) is 4.96. The molecule has 106 valence electrons. The van der Waals surface area contributed by atoms with Gasteiger partial charge in [-0.15, -0.1) is 0 Å². The van der Waals surface area contributed by atoms with Crippen LogP contribution in [-0.4, -0.2) is 24.0 Å². The van der Waals surface area contributed by atoms with Gasteiger partial charge in [0.25, 0.3) is 0 Å². The number of fused-ring (bicyclic) bond motifs is 1.